The molecule has 112 valence electrons. The second-order valence-corrected chi connectivity index (χ2v) is 7.24. The molecule has 0 aromatic heterocycles. The summed E-state index contributed by atoms with van der Waals surface area (Å²) in [6.07, 6.45) is 4.31. The number of hydrogen-bond acceptors (Lipinski definition) is 3. The lowest BCUT2D eigenvalue weighted by Crippen LogP contribution is -2.33. The Morgan fingerprint density at radius 3 is 2.65 bits per heavy atom. The van der Waals surface area contributed by atoms with E-state index in [4.69, 9.17) is 4.74 Å². The molecule has 0 bridgehead atoms. The number of ether oxygens (including phenoxy) is 1. The second kappa shape index (κ2) is 7.94. The summed E-state index contributed by atoms with van der Waals surface area (Å²) in [7, 11) is 0. The lowest BCUT2D eigenvalue weighted by molar-refractivity contribution is 0.242. The van der Waals surface area contributed by atoms with Crippen molar-refractivity contribution >= 4 is 11.8 Å². The smallest absolute Gasteiger partial charge is 0.119 e. The third kappa shape index (κ3) is 4.71. The van der Waals surface area contributed by atoms with Crippen molar-refractivity contribution in [2.24, 2.45) is 0 Å². The number of hydrogen-bond donors (Lipinski definition) is 1. The first-order valence-electron chi connectivity index (χ1n) is 7.79. The fourth-order valence-corrected chi connectivity index (χ4v) is 4.01. The molecule has 1 saturated carbocycles. The van der Waals surface area contributed by atoms with Gasteiger partial charge in [0.05, 0.1) is 6.10 Å². The summed E-state index contributed by atoms with van der Waals surface area (Å²) in [6, 6.07) is 9.17. The minimum atomic E-state index is 0.240. The molecule has 2 rings (SSSR count). The van der Waals surface area contributed by atoms with Crippen LogP contribution in [0.5, 0.6) is 5.75 Å². The summed E-state index contributed by atoms with van der Waals surface area (Å²) in [5.74, 6) is 2.19. The van der Waals surface area contributed by atoms with Crippen LogP contribution in [0.4, 0.5) is 0 Å². The Labute approximate surface area is 127 Å². The molecule has 0 radical (unpaired) electrons. The molecule has 0 aliphatic heterocycles. The molecule has 1 aromatic carbocycles. The fraction of sp³-hybridized carbons (Fsp3) is 0.647. The molecule has 0 heterocycles. The number of rotatable bonds is 7. The van der Waals surface area contributed by atoms with E-state index < -0.39 is 0 Å². The maximum Gasteiger partial charge on any atom is 0.119 e. The Kier molecular flexibility index (Phi) is 6.24. The van der Waals surface area contributed by atoms with E-state index in [0.29, 0.717) is 6.04 Å². The summed E-state index contributed by atoms with van der Waals surface area (Å²) < 4.78 is 5.67. The van der Waals surface area contributed by atoms with E-state index in [-0.39, 0.29) is 6.10 Å². The molecule has 0 spiro atoms. The van der Waals surface area contributed by atoms with E-state index >= 15 is 0 Å². The maximum atomic E-state index is 5.67. The molecule has 1 fully saturated rings. The van der Waals surface area contributed by atoms with Gasteiger partial charge in [0.1, 0.15) is 5.75 Å². The summed E-state index contributed by atoms with van der Waals surface area (Å²) in [4.78, 5) is 0. The first-order chi connectivity index (χ1) is 9.69. The number of thioether (sulfide) groups is 1. The van der Waals surface area contributed by atoms with Gasteiger partial charge in [-0.05, 0) is 50.1 Å². The van der Waals surface area contributed by atoms with E-state index in [0.717, 1.165) is 17.5 Å². The molecule has 1 aliphatic rings. The molecule has 2 atom stereocenters. The third-order valence-corrected chi connectivity index (χ3v) is 5.02. The van der Waals surface area contributed by atoms with Crippen LogP contribution >= 0.6 is 11.8 Å². The Bertz CT molecular complexity index is 390. The molecule has 2 unspecified atom stereocenters. The molecule has 20 heavy (non-hydrogen) atoms. The Hall–Kier alpha value is -0.670. The van der Waals surface area contributed by atoms with E-state index in [1.165, 1.54) is 30.6 Å². The van der Waals surface area contributed by atoms with Crippen molar-refractivity contribution in [3.63, 3.8) is 0 Å². The van der Waals surface area contributed by atoms with Crippen molar-refractivity contribution in [3.05, 3.63) is 29.8 Å². The highest BCUT2D eigenvalue weighted by atomic mass is 32.2. The zero-order valence-electron chi connectivity index (χ0n) is 12.9. The normalized spacial score (nSPS) is 22.4. The molecule has 2 nitrogen and oxygen atoms in total. The monoisotopic (exact) mass is 293 g/mol. The van der Waals surface area contributed by atoms with Crippen LogP contribution in [0.3, 0.4) is 0 Å². The van der Waals surface area contributed by atoms with Gasteiger partial charge in [-0.25, -0.2) is 0 Å². The topological polar surface area (TPSA) is 21.3 Å². The summed E-state index contributed by atoms with van der Waals surface area (Å²) >= 11 is 2.11. The van der Waals surface area contributed by atoms with Gasteiger partial charge in [-0.3, -0.25) is 0 Å². The van der Waals surface area contributed by atoms with E-state index in [2.05, 4.69) is 62.1 Å². The summed E-state index contributed by atoms with van der Waals surface area (Å²) in [5, 5.41) is 4.54. The van der Waals surface area contributed by atoms with Crippen molar-refractivity contribution in [3.8, 4) is 5.75 Å². The maximum absolute atomic E-state index is 5.67. The highest BCUT2D eigenvalue weighted by molar-refractivity contribution is 7.99. The average Bonchev–Trinajstić information content (AvgIpc) is 2.85. The first-order valence-corrected chi connectivity index (χ1v) is 8.84. The molecule has 0 saturated heterocycles. The van der Waals surface area contributed by atoms with Crippen LogP contribution in [0, 0.1) is 0 Å². The van der Waals surface area contributed by atoms with Gasteiger partial charge in [-0.1, -0.05) is 25.5 Å². The van der Waals surface area contributed by atoms with Crippen molar-refractivity contribution in [2.75, 3.05) is 5.75 Å². The zero-order valence-corrected chi connectivity index (χ0v) is 13.7. The summed E-state index contributed by atoms with van der Waals surface area (Å²) in [6.45, 7) is 7.34. The predicted octanol–water partition coefficient (Wildman–Crippen LogP) is 4.24. The van der Waals surface area contributed by atoms with E-state index in [1.807, 2.05) is 0 Å². The van der Waals surface area contributed by atoms with Gasteiger partial charge < -0.3 is 10.1 Å². The SMILES string of the molecule is CCSC1CCCC1NCc1ccc(OC(C)C)cc1. The molecule has 1 N–H and O–H groups in total. The molecule has 1 aliphatic carbocycles. The van der Waals surface area contributed by atoms with Crippen LogP contribution in [-0.4, -0.2) is 23.1 Å². The Morgan fingerprint density at radius 1 is 1.25 bits per heavy atom. The van der Waals surface area contributed by atoms with Crippen LogP contribution in [0.25, 0.3) is 0 Å². The zero-order chi connectivity index (χ0) is 14.4. The third-order valence-electron chi connectivity index (χ3n) is 3.70. The van der Waals surface area contributed by atoms with Crippen LogP contribution in [0.1, 0.15) is 45.6 Å². The molecule has 0 amide bonds. The van der Waals surface area contributed by atoms with Crippen LogP contribution in [-0.2, 0) is 6.54 Å². The van der Waals surface area contributed by atoms with Crippen molar-refractivity contribution in [1.29, 1.82) is 0 Å². The van der Waals surface area contributed by atoms with E-state index in [1.54, 1.807) is 0 Å². The van der Waals surface area contributed by atoms with Crippen LogP contribution in [0.15, 0.2) is 24.3 Å². The van der Waals surface area contributed by atoms with E-state index in [9.17, 15) is 0 Å². The molecule has 1 aromatic rings. The molecular weight excluding hydrogens is 266 g/mol. The highest BCUT2D eigenvalue weighted by Gasteiger charge is 2.26. The van der Waals surface area contributed by atoms with Gasteiger partial charge in [0, 0.05) is 17.8 Å². The largest absolute Gasteiger partial charge is 0.491 e. The standard InChI is InChI=1S/C17H27NOS/c1-4-20-17-7-5-6-16(17)18-12-14-8-10-15(11-9-14)19-13(2)3/h8-11,13,16-18H,4-7,12H2,1-3H3. The van der Waals surface area contributed by atoms with Crippen LogP contribution < -0.4 is 10.1 Å². The van der Waals surface area contributed by atoms with Crippen LogP contribution in [0.2, 0.25) is 0 Å². The predicted molar refractivity (Wildman–Crippen MR) is 88.6 cm³/mol. The molecule has 3 heteroatoms. The average molecular weight is 293 g/mol. The fourth-order valence-electron chi connectivity index (χ4n) is 2.78. The lowest BCUT2D eigenvalue weighted by Gasteiger charge is -2.20. The highest BCUT2D eigenvalue weighted by Crippen LogP contribution is 2.30. The van der Waals surface area contributed by atoms with Crippen molar-refractivity contribution < 1.29 is 4.74 Å². The van der Waals surface area contributed by atoms with Crippen molar-refractivity contribution in [2.45, 2.75) is 64.0 Å². The Balaban J connectivity index is 1.81. The van der Waals surface area contributed by atoms with Gasteiger partial charge in [0.15, 0.2) is 0 Å². The Morgan fingerprint density at radius 2 is 2.00 bits per heavy atom. The number of nitrogens with one attached hydrogen (secondary N) is 1. The van der Waals surface area contributed by atoms with Gasteiger partial charge in [-0.2, -0.15) is 11.8 Å². The quantitative estimate of drug-likeness (QED) is 0.812. The molecular formula is C17H27NOS. The van der Waals surface area contributed by atoms with Gasteiger partial charge in [0.2, 0.25) is 0 Å². The lowest BCUT2D eigenvalue weighted by atomic mass is 10.2. The minimum Gasteiger partial charge on any atom is -0.491 e. The summed E-state index contributed by atoms with van der Waals surface area (Å²) in [5.41, 5.74) is 1.34. The van der Waals surface area contributed by atoms with Gasteiger partial charge in [-0.15, -0.1) is 0 Å². The first kappa shape index (κ1) is 15.7. The minimum absolute atomic E-state index is 0.240. The second-order valence-electron chi connectivity index (χ2n) is 5.72. The number of benzene rings is 1. The van der Waals surface area contributed by atoms with Crippen molar-refractivity contribution in [1.82, 2.24) is 5.32 Å². The van der Waals surface area contributed by atoms with Gasteiger partial charge in [0.25, 0.3) is 0 Å². The van der Waals surface area contributed by atoms with Gasteiger partial charge >= 0.3 is 0 Å².